The average molecular weight is 426 g/mol. The molecule has 0 radical (unpaired) electrons. The summed E-state index contributed by atoms with van der Waals surface area (Å²) >= 11 is 1.36. The Kier molecular flexibility index (Phi) is 6.18. The number of hydrogen-bond acceptors (Lipinski definition) is 7. The molecule has 156 valence electrons. The number of nitrogens with zero attached hydrogens (tertiary/aromatic N) is 4. The second kappa shape index (κ2) is 9.17. The molecule has 0 saturated heterocycles. The second-order valence-corrected chi connectivity index (χ2v) is 8.19. The van der Waals surface area contributed by atoms with Crippen molar-refractivity contribution in [1.82, 2.24) is 19.7 Å². The van der Waals surface area contributed by atoms with E-state index in [1.807, 2.05) is 16.7 Å². The van der Waals surface area contributed by atoms with E-state index in [0.717, 1.165) is 17.9 Å². The fourth-order valence-corrected chi connectivity index (χ4v) is 3.83. The van der Waals surface area contributed by atoms with Crippen molar-refractivity contribution < 1.29 is 14.3 Å². The monoisotopic (exact) mass is 425 g/mol. The van der Waals surface area contributed by atoms with Gasteiger partial charge in [0.15, 0.2) is 22.5 Å². The summed E-state index contributed by atoms with van der Waals surface area (Å²) in [4.78, 5) is 16.7. The van der Waals surface area contributed by atoms with Gasteiger partial charge in [-0.2, -0.15) is 0 Å². The van der Waals surface area contributed by atoms with Crippen molar-refractivity contribution in [2.24, 2.45) is 5.92 Å². The molecule has 1 aromatic carbocycles. The highest BCUT2D eigenvalue weighted by Gasteiger charge is 2.17. The van der Waals surface area contributed by atoms with E-state index in [9.17, 15) is 4.79 Å². The van der Waals surface area contributed by atoms with Gasteiger partial charge in [-0.15, -0.1) is 10.2 Å². The number of hydrogen-bond donors (Lipinski definition) is 1. The third-order valence-corrected chi connectivity index (χ3v) is 5.31. The fourth-order valence-electron chi connectivity index (χ4n) is 3.08. The lowest BCUT2D eigenvalue weighted by Crippen LogP contribution is -2.17. The van der Waals surface area contributed by atoms with Crippen molar-refractivity contribution in [3.63, 3.8) is 0 Å². The summed E-state index contributed by atoms with van der Waals surface area (Å²) in [6, 6.07) is 9.21. The first-order chi connectivity index (χ1) is 14.6. The molecule has 9 heteroatoms. The van der Waals surface area contributed by atoms with Crippen molar-refractivity contribution in [2.45, 2.75) is 25.5 Å². The first-order valence-corrected chi connectivity index (χ1v) is 10.7. The summed E-state index contributed by atoms with van der Waals surface area (Å²) in [5.74, 6) is 2.59. The largest absolute Gasteiger partial charge is 0.486 e. The molecule has 30 heavy (non-hydrogen) atoms. The van der Waals surface area contributed by atoms with Gasteiger partial charge in [-0.3, -0.25) is 9.78 Å². The molecule has 0 bridgehead atoms. The number of aromatic nitrogens is 4. The van der Waals surface area contributed by atoms with Gasteiger partial charge in [-0.1, -0.05) is 25.6 Å². The summed E-state index contributed by atoms with van der Waals surface area (Å²) in [5, 5.41) is 12.3. The standard InChI is InChI=1S/C21H23N5O3S/c1-14(2)12-26-20(15-4-3-7-22-11-15)24-25-21(26)30-13-19(27)23-16-5-6-17-18(10-16)29-9-8-28-17/h3-7,10-11,14H,8-9,12-13H2,1-2H3,(H,23,27). The van der Waals surface area contributed by atoms with Crippen LogP contribution in [0.1, 0.15) is 13.8 Å². The minimum Gasteiger partial charge on any atom is -0.486 e. The Balaban J connectivity index is 1.44. The topological polar surface area (TPSA) is 91.2 Å². The number of fused-ring (bicyclic) bond motifs is 1. The maximum absolute atomic E-state index is 12.5. The second-order valence-electron chi connectivity index (χ2n) is 7.25. The predicted octanol–water partition coefficient (Wildman–Crippen LogP) is 3.50. The van der Waals surface area contributed by atoms with E-state index < -0.39 is 0 Å². The highest BCUT2D eigenvalue weighted by Crippen LogP contribution is 2.32. The Bertz CT molecular complexity index is 1020. The number of ether oxygens (including phenoxy) is 2. The first kappa shape index (κ1) is 20.2. The van der Waals surface area contributed by atoms with Gasteiger partial charge >= 0.3 is 0 Å². The van der Waals surface area contributed by atoms with Gasteiger partial charge in [0.1, 0.15) is 13.2 Å². The molecule has 3 aromatic rings. The van der Waals surface area contributed by atoms with Crippen LogP contribution in [-0.4, -0.2) is 44.6 Å². The van der Waals surface area contributed by atoms with Crippen LogP contribution in [0.2, 0.25) is 0 Å². The van der Waals surface area contributed by atoms with E-state index in [-0.39, 0.29) is 11.7 Å². The van der Waals surface area contributed by atoms with Gasteiger partial charge in [0, 0.05) is 36.3 Å². The van der Waals surface area contributed by atoms with Crippen molar-refractivity contribution in [2.75, 3.05) is 24.3 Å². The molecule has 0 aliphatic carbocycles. The first-order valence-electron chi connectivity index (χ1n) is 9.76. The van der Waals surface area contributed by atoms with Crippen LogP contribution in [-0.2, 0) is 11.3 Å². The minimum absolute atomic E-state index is 0.126. The molecule has 2 aromatic heterocycles. The average Bonchev–Trinajstić information content (AvgIpc) is 3.14. The third kappa shape index (κ3) is 4.73. The Morgan fingerprint density at radius 1 is 1.20 bits per heavy atom. The number of anilines is 1. The van der Waals surface area contributed by atoms with Crippen molar-refractivity contribution in [3.8, 4) is 22.9 Å². The molecule has 1 aliphatic rings. The maximum Gasteiger partial charge on any atom is 0.234 e. The molecular formula is C21H23N5O3S. The van der Waals surface area contributed by atoms with Gasteiger partial charge in [-0.25, -0.2) is 0 Å². The van der Waals surface area contributed by atoms with E-state index in [1.54, 1.807) is 30.6 Å². The number of carbonyl (C=O) groups excluding carboxylic acids is 1. The number of amides is 1. The molecule has 0 saturated carbocycles. The molecule has 0 unspecified atom stereocenters. The fraction of sp³-hybridized carbons (Fsp3) is 0.333. The van der Waals surface area contributed by atoms with Crippen LogP contribution >= 0.6 is 11.8 Å². The summed E-state index contributed by atoms with van der Waals surface area (Å²) in [6.07, 6.45) is 3.49. The number of thioether (sulfide) groups is 1. The van der Waals surface area contributed by atoms with Crippen LogP contribution in [0.15, 0.2) is 47.9 Å². The molecule has 4 rings (SSSR count). The predicted molar refractivity (Wildman–Crippen MR) is 115 cm³/mol. The van der Waals surface area contributed by atoms with Crippen LogP contribution in [0.25, 0.3) is 11.4 Å². The Hall–Kier alpha value is -3.07. The molecule has 0 fully saturated rings. The van der Waals surface area contributed by atoms with Crippen LogP contribution < -0.4 is 14.8 Å². The zero-order valence-electron chi connectivity index (χ0n) is 16.9. The minimum atomic E-state index is -0.126. The van der Waals surface area contributed by atoms with Crippen molar-refractivity contribution >= 4 is 23.4 Å². The SMILES string of the molecule is CC(C)Cn1c(SCC(=O)Nc2ccc3c(c2)OCCO3)nnc1-c1cccnc1. The lowest BCUT2D eigenvalue weighted by atomic mass is 10.2. The smallest absolute Gasteiger partial charge is 0.234 e. The molecule has 1 N–H and O–H groups in total. The molecule has 0 spiro atoms. The maximum atomic E-state index is 12.5. The summed E-state index contributed by atoms with van der Waals surface area (Å²) < 4.78 is 13.1. The number of rotatable bonds is 7. The summed E-state index contributed by atoms with van der Waals surface area (Å²) in [5.41, 5.74) is 1.57. The van der Waals surface area contributed by atoms with E-state index >= 15 is 0 Å². The molecular weight excluding hydrogens is 402 g/mol. The number of carbonyl (C=O) groups is 1. The quantitative estimate of drug-likeness (QED) is 0.579. The Morgan fingerprint density at radius 2 is 2.03 bits per heavy atom. The lowest BCUT2D eigenvalue weighted by molar-refractivity contribution is -0.113. The molecule has 3 heterocycles. The van der Waals surface area contributed by atoms with Crippen LogP contribution in [0, 0.1) is 5.92 Å². The number of nitrogens with one attached hydrogen (secondary N) is 1. The highest BCUT2D eigenvalue weighted by atomic mass is 32.2. The van der Waals surface area contributed by atoms with E-state index in [0.29, 0.717) is 41.5 Å². The highest BCUT2D eigenvalue weighted by molar-refractivity contribution is 7.99. The van der Waals surface area contributed by atoms with Crippen LogP contribution in [0.3, 0.4) is 0 Å². The van der Waals surface area contributed by atoms with Gasteiger partial charge < -0.3 is 19.4 Å². The molecule has 1 aliphatic heterocycles. The molecule has 1 amide bonds. The zero-order valence-corrected chi connectivity index (χ0v) is 17.7. The summed E-state index contributed by atoms with van der Waals surface area (Å²) in [7, 11) is 0. The lowest BCUT2D eigenvalue weighted by Gasteiger charge is -2.19. The Labute approximate surface area is 179 Å². The number of pyridine rings is 1. The van der Waals surface area contributed by atoms with Gasteiger partial charge in [0.05, 0.1) is 5.75 Å². The van der Waals surface area contributed by atoms with E-state index in [1.165, 1.54) is 11.8 Å². The summed E-state index contributed by atoms with van der Waals surface area (Å²) in [6.45, 7) is 6.06. The number of benzene rings is 1. The van der Waals surface area contributed by atoms with Gasteiger partial charge in [0.2, 0.25) is 5.91 Å². The van der Waals surface area contributed by atoms with Crippen LogP contribution in [0.5, 0.6) is 11.5 Å². The zero-order chi connectivity index (χ0) is 20.9. The normalized spacial score (nSPS) is 12.8. The van der Waals surface area contributed by atoms with Gasteiger partial charge in [0.25, 0.3) is 0 Å². The van der Waals surface area contributed by atoms with Crippen molar-refractivity contribution in [3.05, 3.63) is 42.7 Å². The third-order valence-electron chi connectivity index (χ3n) is 4.34. The molecule has 8 nitrogen and oxygen atoms in total. The van der Waals surface area contributed by atoms with Gasteiger partial charge in [-0.05, 0) is 30.2 Å². The van der Waals surface area contributed by atoms with E-state index in [4.69, 9.17) is 9.47 Å². The molecule has 0 atom stereocenters. The van der Waals surface area contributed by atoms with Crippen LogP contribution in [0.4, 0.5) is 5.69 Å². The van der Waals surface area contributed by atoms with Crippen molar-refractivity contribution in [1.29, 1.82) is 0 Å². The Morgan fingerprint density at radius 3 is 2.80 bits per heavy atom. The van der Waals surface area contributed by atoms with E-state index in [2.05, 4.69) is 34.3 Å².